The Hall–Kier alpha value is -7.75. The number of aryl methyl sites for hydroxylation is 1. The second kappa shape index (κ2) is 24.2. The lowest BCUT2D eigenvalue weighted by molar-refractivity contribution is -0.215. The standard InChI is InChI=1S/C72H52F15O3S3/c1-40-28-57(35-59-65-43-29-41-30-47(32-43)68(60(65)31-41,90-64(88)39-89-67(40)59)38-44-34-56(26-27-63(44)75)91(53-22-14-48(73)15-23-53)54-24-16-49(74)17-25-54)93(50-7-3-2-4-8-50)55-9-5-6-42(33-55)66-61(71(82,83)84)36-58(37-62(66)72(85,86)87)92(51-18-10-45(11-19-51)69(76,77)78)52-20-12-46(13-21-52)70(79,80)81/h2-28,33-37,41,43,47,60,65H,29-32,38-39H2,1H3/q+3. The van der Waals surface area contributed by atoms with E-state index in [2.05, 4.69) is 0 Å². The smallest absolute Gasteiger partial charge is 0.417 e. The highest BCUT2D eigenvalue weighted by atomic mass is 32.2. The van der Waals surface area contributed by atoms with Crippen molar-refractivity contribution in [3.05, 3.63) is 251 Å². The molecule has 0 spiro atoms. The van der Waals surface area contributed by atoms with Crippen molar-refractivity contribution >= 4 is 38.7 Å². The lowest BCUT2D eigenvalue weighted by Crippen LogP contribution is -2.63. The highest BCUT2D eigenvalue weighted by Gasteiger charge is 2.65. The molecule has 4 fully saturated rings. The molecule has 478 valence electrons. The molecule has 9 aromatic carbocycles. The van der Waals surface area contributed by atoms with Gasteiger partial charge in [0.1, 0.15) is 28.8 Å². The third kappa shape index (κ3) is 12.4. The van der Waals surface area contributed by atoms with Crippen molar-refractivity contribution in [3.8, 4) is 16.9 Å². The van der Waals surface area contributed by atoms with Gasteiger partial charge in [0.15, 0.2) is 50.7 Å². The van der Waals surface area contributed by atoms with Crippen molar-refractivity contribution in [2.45, 2.75) is 119 Å². The fourth-order valence-electron chi connectivity index (χ4n) is 14.5. The van der Waals surface area contributed by atoms with Crippen LogP contribution >= 0.6 is 0 Å². The molecule has 9 aromatic rings. The Balaban J connectivity index is 0.932. The zero-order valence-corrected chi connectivity index (χ0v) is 51.2. The van der Waals surface area contributed by atoms with E-state index in [1.165, 1.54) is 42.5 Å². The first-order valence-corrected chi connectivity index (χ1v) is 33.1. The summed E-state index contributed by atoms with van der Waals surface area (Å²) < 4.78 is 237. The quantitative estimate of drug-likeness (QED) is 0.0695. The zero-order valence-electron chi connectivity index (χ0n) is 48.7. The molecular weight excluding hydrogens is 1290 g/mol. The van der Waals surface area contributed by atoms with Gasteiger partial charge in [-0.05, 0) is 200 Å². The van der Waals surface area contributed by atoms with Crippen LogP contribution in [-0.2, 0) is 73.3 Å². The molecule has 3 nitrogen and oxygen atoms in total. The summed E-state index contributed by atoms with van der Waals surface area (Å²) >= 11 is 0. The molecule has 0 saturated heterocycles. The SMILES string of the molecule is Cc1cc([S+](c2ccccc2)c2cccc(-c3c(C(F)(F)F)cc([S+](c4ccc(C(F)(F)F)cc4)c4ccc(C(F)(F)F)cc4)cc3C(F)(F)F)c2)cc2c1OCC(=O)OC1(Cc3cc([S+](c4ccc(F)cc4)c4ccc(F)cc4)ccc3F)C3CC4CC(C3)C2C1C4. The Kier molecular flexibility index (Phi) is 16.7. The summed E-state index contributed by atoms with van der Waals surface area (Å²) in [6, 6.07) is 41.1. The number of benzene rings is 9. The first-order chi connectivity index (χ1) is 44.1. The van der Waals surface area contributed by atoms with Crippen LogP contribution in [0.3, 0.4) is 0 Å². The Labute approximate surface area is 533 Å². The summed E-state index contributed by atoms with van der Waals surface area (Å²) in [6.45, 7) is 1.26. The molecular formula is C72H52F15O3S3+3. The van der Waals surface area contributed by atoms with Crippen molar-refractivity contribution in [3.63, 3.8) is 0 Å². The Bertz CT molecular complexity index is 4150. The number of hydrogen-bond donors (Lipinski definition) is 0. The average Bonchev–Trinajstić information content (AvgIpc) is 1.53. The van der Waals surface area contributed by atoms with Crippen LogP contribution in [0.4, 0.5) is 65.9 Å². The summed E-state index contributed by atoms with van der Waals surface area (Å²) in [5, 5.41) is 0. The maximum absolute atomic E-state index is 16.8. The largest absolute Gasteiger partial charge is 0.481 e. The number of halogens is 15. The van der Waals surface area contributed by atoms with Crippen LogP contribution in [0.1, 0.15) is 70.5 Å². The molecule has 0 radical (unpaired) electrons. The third-order valence-electron chi connectivity index (χ3n) is 18.1. The number of carbonyl (C=O) groups excluding carboxylic acids is 1. The number of alkyl halides is 12. The lowest BCUT2D eigenvalue weighted by atomic mass is 9.44. The Morgan fingerprint density at radius 3 is 1.51 bits per heavy atom. The summed E-state index contributed by atoms with van der Waals surface area (Å²) in [7, 11) is -4.46. The van der Waals surface area contributed by atoms with Gasteiger partial charge < -0.3 is 9.47 Å². The minimum Gasteiger partial charge on any atom is -0.481 e. The Morgan fingerprint density at radius 1 is 0.473 bits per heavy atom. The van der Waals surface area contributed by atoms with Gasteiger partial charge in [-0.1, -0.05) is 30.3 Å². The van der Waals surface area contributed by atoms with E-state index in [1.54, 1.807) is 79.7 Å². The van der Waals surface area contributed by atoms with Gasteiger partial charge in [0.05, 0.1) is 54.9 Å². The van der Waals surface area contributed by atoms with Crippen LogP contribution in [0, 0.1) is 48.0 Å². The highest BCUT2D eigenvalue weighted by molar-refractivity contribution is 7.97. The fraction of sp³-hybridized carbons (Fsp3) is 0.236. The van der Waals surface area contributed by atoms with Gasteiger partial charge in [0.2, 0.25) is 0 Å². The molecule has 93 heavy (non-hydrogen) atoms. The summed E-state index contributed by atoms with van der Waals surface area (Å²) in [4.78, 5) is 16.8. The minimum atomic E-state index is -5.53. The second-order valence-corrected chi connectivity index (χ2v) is 29.9. The number of fused-ring (bicyclic) bond motifs is 1. The molecule has 21 heteroatoms. The van der Waals surface area contributed by atoms with Crippen LogP contribution in [-0.4, -0.2) is 18.2 Å². The van der Waals surface area contributed by atoms with Gasteiger partial charge in [-0.3, -0.25) is 0 Å². The molecule has 7 unspecified atom stereocenters. The van der Waals surface area contributed by atoms with E-state index in [0.29, 0.717) is 97.0 Å². The molecule has 4 aliphatic carbocycles. The van der Waals surface area contributed by atoms with E-state index in [4.69, 9.17) is 9.47 Å². The van der Waals surface area contributed by atoms with E-state index < -0.39 is 137 Å². The van der Waals surface area contributed by atoms with Crippen LogP contribution in [0.5, 0.6) is 5.75 Å². The number of rotatable bonds is 12. The van der Waals surface area contributed by atoms with Gasteiger partial charge in [-0.2, -0.15) is 52.7 Å². The first kappa shape index (κ1) is 64.0. The number of carbonyl (C=O) groups is 1. The maximum atomic E-state index is 16.8. The minimum absolute atomic E-state index is 0.0125. The summed E-state index contributed by atoms with van der Waals surface area (Å²) in [5.74, 6) is -2.51. The zero-order chi connectivity index (χ0) is 65.7. The molecule has 0 aromatic heterocycles. The van der Waals surface area contributed by atoms with Crippen LogP contribution in [0.25, 0.3) is 11.1 Å². The molecule has 5 aliphatic rings. The lowest BCUT2D eigenvalue weighted by Gasteiger charge is -2.63. The van der Waals surface area contributed by atoms with E-state index in [1.807, 2.05) is 12.1 Å². The van der Waals surface area contributed by atoms with Gasteiger partial charge in [0, 0.05) is 59.9 Å². The second-order valence-electron chi connectivity index (χ2n) is 23.8. The topological polar surface area (TPSA) is 35.5 Å². The maximum Gasteiger partial charge on any atom is 0.417 e. The van der Waals surface area contributed by atoms with Crippen molar-refractivity contribution < 1.29 is 80.1 Å². The third-order valence-corrected chi connectivity index (χ3v) is 24.7. The van der Waals surface area contributed by atoms with Crippen molar-refractivity contribution in [1.82, 2.24) is 0 Å². The number of hydrogen-bond acceptors (Lipinski definition) is 3. The normalized spacial score (nSPS) is 20.8. The van der Waals surface area contributed by atoms with Crippen molar-refractivity contribution in [2.75, 3.05) is 6.61 Å². The van der Waals surface area contributed by atoms with E-state index in [9.17, 15) is 39.9 Å². The van der Waals surface area contributed by atoms with Gasteiger partial charge in [-0.15, -0.1) is 0 Å². The molecule has 1 aliphatic heterocycles. The highest BCUT2D eigenvalue weighted by Crippen LogP contribution is 2.67. The molecule has 0 N–H and O–H groups in total. The molecule has 0 amide bonds. The molecule has 14 rings (SSSR count). The average molecular weight is 1350 g/mol. The van der Waals surface area contributed by atoms with E-state index >= 15 is 30.7 Å². The van der Waals surface area contributed by atoms with E-state index in [-0.39, 0.29) is 50.3 Å². The predicted molar refractivity (Wildman–Crippen MR) is 321 cm³/mol. The van der Waals surface area contributed by atoms with Crippen LogP contribution < -0.4 is 4.74 Å². The summed E-state index contributed by atoms with van der Waals surface area (Å²) in [5.41, 5.74) is -7.40. The monoisotopic (exact) mass is 1350 g/mol. The molecule has 6 bridgehead atoms. The fourth-order valence-corrected chi connectivity index (χ4v) is 21.0. The van der Waals surface area contributed by atoms with Gasteiger partial charge in [0.25, 0.3) is 0 Å². The predicted octanol–water partition coefficient (Wildman–Crippen LogP) is 20.5. The van der Waals surface area contributed by atoms with Crippen LogP contribution in [0.15, 0.2) is 238 Å². The molecule has 4 saturated carbocycles. The first-order valence-electron chi connectivity index (χ1n) is 29.5. The number of ether oxygens (including phenoxy) is 2. The van der Waals surface area contributed by atoms with Crippen LogP contribution in [0.2, 0.25) is 0 Å². The molecule has 7 atom stereocenters. The van der Waals surface area contributed by atoms with Gasteiger partial charge in [-0.25, -0.2) is 18.0 Å². The van der Waals surface area contributed by atoms with Crippen molar-refractivity contribution in [1.29, 1.82) is 0 Å². The summed E-state index contributed by atoms with van der Waals surface area (Å²) in [6.07, 6.45) is -18.2. The van der Waals surface area contributed by atoms with Gasteiger partial charge >= 0.3 is 30.7 Å². The van der Waals surface area contributed by atoms with E-state index in [0.717, 1.165) is 36.8 Å². The number of esters is 1. The van der Waals surface area contributed by atoms with Crippen molar-refractivity contribution in [2.24, 2.45) is 23.7 Å². The molecule has 1 heterocycles. The Morgan fingerprint density at radius 2 is 0.957 bits per heavy atom.